The largest absolute Gasteiger partial charge is 0.465 e. The minimum absolute atomic E-state index is 0.0108. The molecule has 0 unspecified atom stereocenters. The van der Waals surface area contributed by atoms with E-state index in [0.717, 1.165) is 30.7 Å². The molecular weight excluding hydrogens is 606 g/mol. The zero-order valence-corrected chi connectivity index (χ0v) is 27.2. The number of nitrogens with one attached hydrogen (secondary N) is 3. The molecule has 4 N–H and O–H groups in total. The number of halogens is 1. The summed E-state index contributed by atoms with van der Waals surface area (Å²) in [4.78, 5) is 31.2. The molecule has 0 bridgehead atoms. The van der Waals surface area contributed by atoms with Gasteiger partial charge >= 0.3 is 12.1 Å². The summed E-state index contributed by atoms with van der Waals surface area (Å²) in [7, 11) is -4.00. The standard InChI is InChI=1S/C31H40FN5O5S2/c1-19(2)37(30(39)40)24-13-8-21(9-14-24)28-33-18-26(43-28)25-15-12-23(16-27(25)44(41,42)36-31(3,4)5)35-29(38)34-17-20-6-10-22(32)11-7-20/h6-7,10-12,15-16,18-19,21,24,36H,8-9,13-14,17H2,1-5H3,(H,39,40)(H2,34,35,38). The third-order valence-corrected chi connectivity index (χ3v) is 10.3. The molecule has 44 heavy (non-hydrogen) atoms. The van der Waals surface area contributed by atoms with Crippen LogP contribution < -0.4 is 15.4 Å². The van der Waals surface area contributed by atoms with Crippen LogP contribution in [0.5, 0.6) is 0 Å². The summed E-state index contributed by atoms with van der Waals surface area (Å²) in [6, 6.07) is 9.82. The van der Waals surface area contributed by atoms with Gasteiger partial charge in [-0.2, -0.15) is 0 Å². The van der Waals surface area contributed by atoms with Crippen molar-refractivity contribution in [2.75, 3.05) is 5.32 Å². The number of urea groups is 1. The average molecular weight is 646 g/mol. The fraction of sp³-hybridized carbons (Fsp3) is 0.452. The fourth-order valence-corrected chi connectivity index (χ4v) is 8.30. The number of carbonyl (C=O) groups is 2. The first-order chi connectivity index (χ1) is 20.6. The predicted octanol–water partition coefficient (Wildman–Crippen LogP) is 6.76. The van der Waals surface area contributed by atoms with Gasteiger partial charge < -0.3 is 20.6 Å². The number of carboxylic acid groups (broad SMARTS) is 1. The molecule has 0 aliphatic heterocycles. The second kappa shape index (κ2) is 13.6. The van der Waals surface area contributed by atoms with Gasteiger partial charge in [0.15, 0.2) is 0 Å². The van der Waals surface area contributed by atoms with Gasteiger partial charge in [-0.1, -0.05) is 18.2 Å². The van der Waals surface area contributed by atoms with E-state index in [2.05, 4.69) is 20.3 Å². The molecule has 2 aromatic carbocycles. The molecule has 1 heterocycles. The maximum Gasteiger partial charge on any atom is 0.407 e. The molecule has 1 saturated carbocycles. The van der Waals surface area contributed by atoms with E-state index in [1.54, 1.807) is 51.2 Å². The fourth-order valence-electron chi connectivity index (χ4n) is 5.44. The monoisotopic (exact) mass is 645 g/mol. The highest BCUT2D eigenvalue weighted by Gasteiger charge is 2.32. The molecule has 1 aliphatic rings. The van der Waals surface area contributed by atoms with Gasteiger partial charge in [0.25, 0.3) is 0 Å². The molecule has 13 heteroatoms. The van der Waals surface area contributed by atoms with Crippen LogP contribution in [0.4, 0.5) is 19.7 Å². The summed E-state index contributed by atoms with van der Waals surface area (Å²) in [6.45, 7) is 9.19. The topological polar surface area (TPSA) is 141 Å². The number of sulfonamides is 1. The number of hydrogen-bond acceptors (Lipinski definition) is 6. The quantitative estimate of drug-likeness (QED) is 0.203. The van der Waals surface area contributed by atoms with E-state index in [1.165, 1.54) is 34.4 Å². The van der Waals surface area contributed by atoms with Gasteiger partial charge in [-0.25, -0.2) is 32.1 Å². The molecule has 3 amide bonds. The molecule has 10 nitrogen and oxygen atoms in total. The third kappa shape index (κ3) is 8.54. The van der Waals surface area contributed by atoms with Crippen molar-refractivity contribution in [1.82, 2.24) is 19.9 Å². The van der Waals surface area contributed by atoms with Gasteiger partial charge in [0.1, 0.15) is 5.82 Å². The molecule has 3 aromatic rings. The minimum Gasteiger partial charge on any atom is -0.465 e. The number of amides is 3. The van der Waals surface area contributed by atoms with Crippen molar-refractivity contribution in [2.45, 2.75) is 95.3 Å². The van der Waals surface area contributed by atoms with Crippen molar-refractivity contribution in [2.24, 2.45) is 0 Å². The highest BCUT2D eigenvalue weighted by Crippen LogP contribution is 2.41. The van der Waals surface area contributed by atoms with Gasteiger partial charge in [-0.15, -0.1) is 11.3 Å². The average Bonchev–Trinajstić information content (AvgIpc) is 3.42. The molecule has 1 aromatic heterocycles. The summed E-state index contributed by atoms with van der Waals surface area (Å²) in [5.41, 5.74) is 0.718. The lowest BCUT2D eigenvalue weighted by atomic mass is 9.85. The maximum absolute atomic E-state index is 13.6. The first-order valence-electron chi connectivity index (χ1n) is 14.6. The van der Waals surface area contributed by atoms with Gasteiger partial charge in [0, 0.05) is 47.5 Å². The molecule has 4 rings (SSSR count). The highest BCUT2D eigenvalue weighted by molar-refractivity contribution is 7.89. The normalized spacial score (nSPS) is 17.3. The summed E-state index contributed by atoms with van der Waals surface area (Å²) >= 11 is 1.43. The number of rotatable bonds is 9. The summed E-state index contributed by atoms with van der Waals surface area (Å²) in [5.74, 6) is -0.212. The van der Waals surface area contributed by atoms with Crippen LogP contribution in [0, 0.1) is 5.82 Å². The molecule has 0 saturated heterocycles. The van der Waals surface area contributed by atoms with Crippen LogP contribution in [0.15, 0.2) is 53.6 Å². The van der Waals surface area contributed by atoms with E-state index in [1.807, 2.05) is 13.8 Å². The van der Waals surface area contributed by atoms with Gasteiger partial charge in [-0.05, 0) is 90.1 Å². The number of hydrogen-bond donors (Lipinski definition) is 4. The SMILES string of the molecule is CC(C)N(C(=O)O)C1CCC(c2ncc(-c3ccc(NC(=O)NCc4ccc(F)cc4)cc3S(=O)(=O)NC(C)(C)C)s2)CC1. The van der Waals surface area contributed by atoms with Crippen LogP contribution in [0.25, 0.3) is 10.4 Å². The number of anilines is 1. The number of aromatic nitrogens is 1. The van der Waals surface area contributed by atoms with Gasteiger partial charge in [0.2, 0.25) is 10.0 Å². The number of nitrogens with zero attached hydrogens (tertiary/aromatic N) is 2. The van der Waals surface area contributed by atoms with Crippen LogP contribution in [-0.2, 0) is 16.6 Å². The van der Waals surface area contributed by atoms with Crippen LogP contribution in [0.1, 0.15) is 76.8 Å². The van der Waals surface area contributed by atoms with Crippen molar-refractivity contribution in [1.29, 1.82) is 0 Å². The Morgan fingerprint density at radius 1 is 1.09 bits per heavy atom. The number of thiazole rings is 1. The highest BCUT2D eigenvalue weighted by atomic mass is 32.2. The Morgan fingerprint density at radius 3 is 2.34 bits per heavy atom. The lowest BCUT2D eigenvalue weighted by molar-refractivity contribution is 0.0906. The predicted molar refractivity (Wildman–Crippen MR) is 170 cm³/mol. The Bertz CT molecular complexity index is 1580. The Labute approximate surface area is 262 Å². The zero-order chi connectivity index (χ0) is 32.2. The lowest BCUT2D eigenvalue weighted by Gasteiger charge is -2.37. The zero-order valence-electron chi connectivity index (χ0n) is 25.6. The van der Waals surface area contributed by atoms with Crippen molar-refractivity contribution < 1.29 is 27.5 Å². The van der Waals surface area contributed by atoms with Crippen molar-refractivity contribution >= 4 is 39.2 Å². The molecule has 1 fully saturated rings. The van der Waals surface area contributed by atoms with E-state index < -0.39 is 27.7 Å². The van der Waals surface area contributed by atoms with Crippen LogP contribution in [-0.4, -0.2) is 53.2 Å². The minimum atomic E-state index is -4.00. The van der Waals surface area contributed by atoms with Crippen LogP contribution in [0.2, 0.25) is 0 Å². The molecular formula is C31H40FN5O5S2. The third-order valence-electron chi connectivity index (χ3n) is 7.34. The summed E-state index contributed by atoms with van der Waals surface area (Å²) in [6.07, 6.45) is 3.84. The molecule has 0 radical (unpaired) electrons. The Morgan fingerprint density at radius 2 is 1.75 bits per heavy atom. The van der Waals surface area contributed by atoms with Crippen LogP contribution in [0.3, 0.4) is 0 Å². The second-order valence-electron chi connectivity index (χ2n) is 12.4. The first kappa shape index (κ1) is 33.3. The van der Waals surface area contributed by atoms with Crippen molar-refractivity contribution in [3.8, 4) is 10.4 Å². The smallest absolute Gasteiger partial charge is 0.407 e. The van der Waals surface area contributed by atoms with E-state index in [4.69, 9.17) is 0 Å². The maximum atomic E-state index is 13.6. The van der Waals surface area contributed by atoms with Crippen molar-refractivity contribution in [3.05, 3.63) is 65.0 Å². The Hall–Kier alpha value is -3.55. The molecule has 1 aliphatic carbocycles. The number of carbonyl (C=O) groups excluding carboxylic acids is 1. The van der Waals surface area contributed by atoms with E-state index in [-0.39, 0.29) is 40.9 Å². The second-order valence-corrected chi connectivity index (χ2v) is 15.1. The molecule has 238 valence electrons. The van der Waals surface area contributed by atoms with E-state index in [0.29, 0.717) is 16.0 Å². The molecule has 0 spiro atoms. The number of benzene rings is 2. The summed E-state index contributed by atoms with van der Waals surface area (Å²) < 4.78 is 43.1. The first-order valence-corrected chi connectivity index (χ1v) is 16.9. The van der Waals surface area contributed by atoms with E-state index in [9.17, 15) is 27.5 Å². The van der Waals surface area contributed by atoms with Gasteiger partial charge in [0.05, 0.1) is 14.8 Å². The Kier molecular flexibility index (Phi) is 10.3. The molecule has 0 atom stereocenters. The Balaban J connectivity index is 1.54. The van der Waals surface area contributed by atoms with E-state index >= 15 is 0 Å². The van der Waals surface area contributed by atoms with Crippen LogP contribution >= 0.6 is 11.3 Å². The lowest BCUT2D eigenvalue weighted by Crippen LogP contribution is -2.45. The van der Waals surface area contributed by atoms with Crippen molar-refractivity contribution in [3.63, 3.8) is 0 Å². The summed E-state index contributed by atoms with van der Waals surface area (Å²) in [5, 5.41) is 15.9. The van der Waals surface area contributed by atoms with Gasteiger partial charge in [-0.3, -0.25) is 0 Å².